The third-order valence-corrected chi connectivity index (χ3v) is 2.79. The van der Waals surface area contributed by atoms with Crippen LogP contribution in [-0.4, -0.2) is 37.5 Å². The monoisotopic (exact) mass is 203 g/mol. The number of hydrogen-bond acceptors (Lipinski definition) is 3. The van der Waals surface area contributed by atoms with E-state index in [2.05, 4.69) is 26.1 Å². The van der Waals surface area contributed by atoms with Crippen LogP contribution in [0.3, 0.4) is 0 Å². The van der Waals surface area contributed by atoms with Crippen LogP contribution in [0.4, 0.5) is 0 Å². The van der Waals surface area contributed by atoms with Crippen LogP contribution in [0, 0.1) is 5.92 Å². The Hall–Kier alpha value is -0.120. The summed E-state index contributed by atoms with van der Waals surface area (Å²) in [6.45, 7) is 8.31. The molecule has 2 N–H and O–H groups in total. The summed E-state index contributed by atoms with van der Waals surface area (Å²) in [6, 6.07) is 0. The van der Waals surface area contributed by atoms with Crippen molar-refractivity contribution in [2.75, 3.05) is 26.9 Å². The molecule has 0 aromatic rings. The highest BCUT2D eigenvalue weighted by Crippen LogP contribution is 2.21. The molecule has 0 aromatic heterocycles. The summed E-state index contributed by atoms with van der Waals surface area (Å²) in [6.07, 6.45) is 1.85. The van der Waals surface area contributed by atoms with Crippen molar-refractivity contribution in [1.82, 2.24) is 5.32 Å². The fourth-order valence-corrected chi connectivity index (χ4v) is 1.70. The molecule has 3 nitrogen and oxygen atoms in total. The lowest BCUT2D eigenvalue weighted by Crippen LogP contribution is -2.54. The van der Waals surface area contributed by atoms with Crippen LogP contribution in [-0.2, 0) is 4.74 Å². The molecular weight excluding hydrogens is 178 g/mol. The van der Waals surface area contributed by atoms with Gasteiger partial charge in [-0.15, -0.1) is 0 Å². The molecule has 0 amide bonds. The Kier molecular flexibility index (Phi) is 7.15. The maximum absolute atomic E-state index is 9.08. The first kappa shape index (κ1) is 13.9. The van der Waals surface area contributed by atoms with Crippen LogP contribution < -0.4 is 5.32 Å². The Morgan fingerprint density at radius 2 is 2.07 bits per heavy atom. The van der Waals surface area contributed by atoms with Crippen molar-refractivity contribution in [2.24, 2.45) is 5.92 Å². The molecule has 0 aliphatic rings. The van der Waals surface area contributed by atoms with Crippen LogP contribution in [0.25, 0.3) is 0 Å². The van der Waals surface area contributed by atoms with E-state index in [9.17, 15) is 0 Å². The van der Waals surface area contributed by atoms with E-state index >= 15 is 0 Å². The molecule has 0 radical (unpaired) electrons. The number of ether oxygens (including phenoxy) is 1. The van der Waals surface area contributed by atoms with Gasteiger partial charge in [0.1, 0.15) is 0 Å². The van der Waals surface area contributed by atoms with Crippen molar-refractivity contribution >= 4 is 0 Å². The Morgan fingerprint density at radius 3 is 2.43 bits per heavy atom. The number of methoxy groups -OCH3 is 1. The first-order valence-corrected chi connectivity index (χ1v) is 5.47. The van der Waals surface area contributed by atoms with Crippen molar-refractivity contribution in [2.45, 2.75) is 39.2 Å². The first-order valence-electron chi connectivity index (χ1n) is 5.47. The molecule has 0 fully saturated rings. The van der Waals surface area contributed by atoms with Crippen LogP contribution in [0.5, 0.6) is 0 Å². The number of hydrogen-bond donors (Lipinski definition) is 2. The molecule has 1 unspecified atom stereocenters. The standard InChI is InChI=1S/C11H25NO2/c1-5-7-12-11(6-8-13,9-14-4)10(2)3/h10,12-13H,5-9H2,1-4H3. The van der Waals surface area contributed by atoms with E-state index in [0.29, 0.717) is 12.5 Å². The van der Waals surface area contributed by atoms with Gasteiger partial charge in [0, 0.05) is 19.3 Å². The Balaban J connectivity index is 4.38. The summed E-state index contributed by atoms with van der Waals surface area (Å²) < 4.78 is 5.24. The summed E-state index contributed by atoms with van der Waals surface area (Å²) in [5, 5.41) is 12.6. The molecule has 1 atom stereocenters. The highest BCUT2D eigenvalue weighted by atomic mass is 16.5. The minimum absolute atomic E-state index is 0.0699. The van der Waals surface area contributed by atoms with E-state index in [0.717, 1.165) is 19.4 Å². The fraction of sp³-hybridized carbons (Fsp3) is 1.00. The summed E-state index contributed by atoms with van der Waals surface area (Å²) in [5.41, 5.74) is -0.0699. The van der Waals surface area contributed by atoms with E-state index in [4.69, 9.17) is 9.84 Å². The molecule has 0 bridgehead atoms. The maximum Gasteiger partial charge on any atom is 0.0647 e. The lowest BCUT2D eigenvalue weighted by atomic mass is 9.84. The van der Waals surface area contributed by atoms with Gasteiger partial charge >= 0.3 is 0 Å². The second kappa shape index (κ2) is 7.21. The molecule has 3 heteroatoms. The van der Waals surface area contributed by atoms with Gasteiger partial charge in [-0.1, -0.05) is 20.8 Å². The average molecular weight is 203 g/mol. The van der Waals surface area contributed by atoms with Crippen LogP contribution in [0.2, 0.25) is 0 Å². The van der Waals surface area contributed by atoms with Gasteiger partial charge in [-0.3, -0.25) is 0 Å². The zero-order valence-corrected chi connectivity index (χ0v) is 9.97. The van der Waals surface area contributed by atoms with Crippen molar-refractivity contribution in [3.05, 3.63) is 0 Å². The molecule has 0 heterocycles. The summed E-state index contributed by atoms with van der Waals surface area (Å²) in [5.74, 6) is 0.459. The molecule has 86 valence electrons. The lowest BCUT2D eigenvalue weighted by Gasteiger charge is -2.38. The normalized spacial score (nSPS) is 15.9. The van der Waals surface area contributed by atoms with Gasteiger partial charge in [0.15, 0.2) is 0 Å². The summed E-state index contributed by atoms with van der Waals surface area (Å²) >= 11 is 0. The van der Waals surface area contributed by atoms with Gasteiger partial charge in [0.2, 0.25) is 0 Å². The third kappa shape index (κ3) is 3.95. The van der Waals surface area contributed by atoms with E-state index in [1.165, 1.54) is 0 Å². The molecule has 0 aliphatic heterocycles. The number of aliphatic hydroxyl groups is 1. The number of nitrogens with one attached hydrogen (secondary N) is 1. The first-order chi connectivity index (χ1) is 6.63. The molecule has 0 rings (SSSR count). The topological polar surface area (TPSA) is 41.5 Å². The second-order valence-electron chi connectivity index (χ2n) is 4.14. The van der Waals surface area contributed by atoms with Gasteiger partial charge in [-0.05, 0) is 25.3 Å². The summed E-state index contributed by atoms with van der Waals surface area (Å²) in [7, 11) is 1.71. The van der Waals surface area contributed by atoms with E-state index < -0.39 is 0 Å². The Labute approximate surface area is 87.8 Å². The predicted molar refractivity (Wildman–Crippen MR) is 59.4 cm³/mol. The lowest BCUT2D eigenvalue weighted by molar-refractivity contribution is 0.0580. The molecular formula is C11H25NO2. The van der Waals surface area contributed by atoms with Crippen molar-refractivity contribution in [3.63, 3.8) is 0 Å². The van der Waals surface area contributed by atoms with Crippen molar-refractivity contribution < 1.29 is 9.84 Å². The van der Waals surface area contributed by atoms with Crippen LogP contribution >= 0.6 is 0 Å². The zero-order valence-electron chi connectivity index (χ0n) is 9.97. The zero-order chi connectivity index (χ0) is 11.0. The smallest absolute Gasteiger partial charge is 0.0647 e. The number of rotatable bonds is 8. The quantitative estimate of drug-likeness (QED) is 0.627. The molecule has 0 spiro atoms. The van der Waals surface area contributed by atoms with E-state index in [1.807, 2.05) is 0 Å². The van der Waals surface area contributed by atoms with Gasteiger partial charge in [-0.2, -0.15) is 0 Å². The van der Waals surface area contributed by atoms with Crippen LogP contribution in [0.1, 0.15) is 33.6 Å². The van der Waals surface area contributed by atoms with E-state index in [-0.39, 0.29) is 12.1 Å². The molecule has 0 saturated carbocycles. The van der Waals surface area contributed by atoms with Gasteiger partial charge in [0.05, 0.1) is 6.61 Å². The molecule has 0 saturated heterocycles. The summed E-state index contributed by atoms with van der Waals surface area (Å²) in [4.78, 5) is 0. The molecule has 0 aromatic carbocycles. The Morgan fingerprint density at radius 1 is 1.43 bits per heavy atom. The largest absolute Gasteiger partial charge is 0.396 e. The highest BCUT2D eigenvalue weighted by molar-refractivity contribution is 4.90. The average Bonchev–Trinajstić information content (AvgIpc) is 2.14. The molecule has 14 heavy (non-hydrogen) atoms. The fourth-order valence-electron chi connectivity index (χ4n) is 1.70. The predicted octanol–water partition coefficient (Wildman–Crippen LogP) is 1.41. The van der Waals surface area contributed by atoms with Gasteiger partial charge in [0.25, 0.3) is 0 Å². The Bertz CT molecular complexity index is 131. The minimum atomic E-state index is -0.0699. The minimum Gasteiger partial charge on any atom is -0.396 e. The molecule has 0 aliphatic carbocycles. The third-order valence-electron chi connectivity index (χ3n) is 2.79. The van der Waals surface area contributed by atoms with Crippen molar-refractivity contribution in [1.29, 1.82) is 0 Å². The van der Waals surface area contributed by atoms with Gasteiger partial charge < -0.3 is 15.2 Å². The SMILES string of the molecule is CCCNC(CCO)(COC)C(C)C. The van der Waals surface area contributed by atoms with Crippen LogP contribution in [0.15, 0.2) is 0 Å². The van der Waals surface area contributed by atoms with E-state index in [1.54, 1.807) is 7.11 Å². The van der Waals surface area contributed by atoms with Gasteiger partial charge in [-0.25, -0.2) is 0 Å². The highest BCUT2D eigenvalue weighted by Gasteiger charge is 2.32. The maximum atomic E-state index is 9.08. The second-order valence-corrected chi connectivity index (χ2v) is 4.14. The number of aliphatic hydroxyl groups excluding tert-OH is 1. The van der Waals surface area contributed by atoms with Crippen molar-refractivity contribution in [3.8, 4) is 0 Å².